The second-order valence-electron chi connectivity index (χ2n) is 4.76. The van der Waals surface area contributed by atoms with Crippen molar-refractivity contribution in [3.05, 3.63) is 43.9 Å². The molecule has 0 amide bonds. The largest absolute Gasteiger partial charge is 0.490 e. The SMILES string of the molecule is Cn1c(=S)n(C)c(=O)n(-c2ccc3c(c2)NCCO3)c1=O. The molecule has 1 aromatic heterocycles. The van der Waals surface area contributed by atoms with Gasteiger partial charge in [0.1, 0.15) is 12.4 Å². The van der Waals surface area contributed by atoms with Crippen LogP contribution < -0.4 is 21.4 Å². The molecular weight excluding hydrogens is 292 g/mol. The minimum atomic E-state index is -0.472. The molecule has 2 aromatic rings. The summed E-state index contributed by atoms with van der Waals surface area (Å²) in [6, 6.07) is 5.14. The Labute approximate surface area is 125 Å². The Hall–Kier alpha value is -2.35. The maximum absolute atomic E-state index is 12.3. The number of rotatable bonds is 1. The van der Waals surface area contributed by atoms with Crippen LogP contribution in [0.3, 0.4) is 0 Å². The van der Waals surface area contributed by atoms with Gasteiger partial charge in [0, 0.05) is 20.6 Å². The second-order valence-corrected chi connectivity index (χ2v) is 5.12. The highest BCUT2D eigenvalue weighted by Crippen LogP contribution is 2.28. The van der Waals surface area contributed by atoms with E-state index >= 15 is 0 Å². The summed E-state index contributed by atoms with van der Waals surface area (Å²) in [5.74, 6) is 0.708. The maximum Gasteiger partial charge on any atom is 0.338 e. The molecule has 21 heavy (non-hydrogen) atoms. The molecule has 0 atom stereocenters. The number of nitrogens with zero attached hydrogens (tertiary/aromatic N) is 3. The molecule has 2 heterocycles. The standard InChI is InChI=1S/C13H14N4O3S/c1-15-11(18)17(12(19)16(2)13(15)21)8-3-4-10-9(7-8)14-5-6-20-10/h3-4,7,14H,5-6H2,1-2H3. The number of hydrogen-bond acceptors (Lipinski definition) is 5. The van der Waals surface area contributed by atoms with Crippen LogP contribution in [0.15, 0.2) is 27.8 Å². The number of benzene rings is 1. The van der Waals surface area contributed by atoms with Crippen LogP contribution in [0.1, 0.15) is 0 Å². The van der Waals surface area contributed by atoms with Crippen LogP contribution in [0.5, 0.6) is 5.75 Å². The van der Waals surface area contributed by atoms with Gasteiger partial charge in [-0.15, -0.1) is 0 Å². The highest BCUT2D eigenvalue weighted by molar-refractivity contribution is 7.71. The Morgan fingerprint density at radius 1 is 1.19 bits per heavy atom. The molecule has 0 saturated heterocycles. The Bertz CT molecular complexity index is 854. The minimum Gasteiger partial charge on any atom is -0.490 e. The van der Waals surface area contributed by atoms with E-state index in [2.05, 4.69) is 5.32 Å². The highest BCUT2D eigenvalue weighted by atomic mass is 32.1. The Kier molecular flexibility index (Phi) is 3.17. The lowest BCUT2D eigenvalue weighted by atomic mass is 10.2. The van der Waals surface area contributed by atoms with E-state index in [1.807, 2.05) is 0 Å². The van der Waals surface area contributed by atoms with Gasteiger partial charge in [-0.25, -0.2) is 14.2 Å². The van der Waals surface area contributed by atoms with Crippen molar-refractivity contribution in [1.82, 2.24) is 13.7 Å². The quantitative estimate of drug-likeness (QED) is 0.773. The Morgan fingerprint density at radius 3 is 2.52 bits per heavy atom. The zero-order valence-electron chi connectivity index (χ0n) is 11.6. The maximum atomic E-state index is 12.3. The van der Waals surface area contributed by atoms with Gasteiger partial charge in [-0.05, 0) is 30.4 Å². The van der Waals surface area contributed by atoms with Crippen molar-refractivity contribution in [2.24, 2.45) is 14.1 Å². The van der Waals surface area contributed by atoms with Crippen molar-refractivity contribution in [2.75, 3.05) is 18.5 Å². The monoisotopic (exact) mass is 306 g/mol. The van der Waals surface area contributed by atoms with E-state index in [1.165, 1.54) is 9.13 Å². The third kappa shape index (κ3) is 2.07. The predicted molar refractivity (Wildman–Crippen MR) is 81.1 cm³/mol. The molecule has 1 aliphatic heterocycles. The van der Waals surface area contributed by atoms with E-state index in [1.54, 1.807) is 32.3 Å². The number of aromatic nitrogens is 3. The number of nitrogens with one attached hydrogen (secondary N) is 1. The lowest BCUT2D eigenvalue weighted by Crippen LogP contribution is -2.43. The Balaban J connectivity index is 2.29. The van der Waals surface area contributed by atoms with Crippen LogP contribution >= 0.6 is 12.2 Å². The van der Waals surface area contributed by atoms with E-state index in [9.17, 15) is 9.59 Å². The van der Waals surface area contributed by atoms with Gasteiger partial charge in [-0.3, -0.25) is 9.13 Å². The Morgan fingerprint density at radius 2 is 1.86 bits per heavy atom. The first-order valence-electron chi connectivity index (χ1n) is 6.41. The van der Waals surface area contributed by atoms with Gasteiger partial charge in [0.25, 0.3) is 0 Å². The average Bonchev–Trinajstić information content (AvgIpc) is 2.51. The smallest absolute Gasteiger partial charge is 0.338 e. The summed E-state index contributed by atoms with van der Waals surface area (Å²) >= 11 is 5.06. The number of hydrogen-bond donors (Lipinski definition) is 1. The molecule has 0 radical (unpaired) electrons. The number of fused-ring (bicyclic) bond motifs is 1. The van der Waals surface area contributed by atoms with Gasteiger partial charge in [-0.1, -0.05) is 0 Å². The van der Waals surface area contributed by atoms with Crippen molar-refractivity contribution in [1.29, 1.82) is 0 Å². The third-order valence-electron chi connectivity index (χ3n) is 3.43. The van der Waals surface area contributed by atoms with Crippen LogP contribution in [0.4, 0.5) is 5.69 Å². The van der Waals surface area contributed by atoms with Crippen LogP contribution in [0.2, 0.25) is 0 Å². The average molecular weight is 306 g/mol. The molecule has 7 nitrogen and oxygen atoms in total. The van der Waals surface area contributed by atoms with E-state index in [-0.39, 0.29) is 4.77 Å². The van der Waals surface area contributed by atoms with E-state index < -0.39 is 11.4 Å². The third-order valence-corrected chi connectivity index (χ3v) is 3.97. The molecule has 1 aliphatic rings. The summed E-state index contributed by atoms with van der Waals surface area (Å²) in [7, 11) is 3.08. The summed E-state index contributed by atoms with van der Waals surface area (Å²) in [6.07, 6.45) is 0. The topological polar surface area (TPSA) is 70.2 Å². The van der Waals surface area contributed by atoms with Gasteiger partial charge >= 0.3 is 11.4 Å². The zero-order valence-corrected chi connectivity index (χ0v) is 12.4. The van der Waals surface area contributed by atoms with Gasteiger partial charge in [0.15, 0.2) is 4.77 Å². The summed E-state index contributed by atoms with van der Waals surface area (Å²) in [5, 5.41) is 3.18. The first-order valence-corrected chi connectivity index (χ1v) is 6.81. The summed E-state index contributed by atoms with van der Waals surface area (Å²) in [4.78, 5) is 24.7. The first-order chi connectivity index (χ1) is 10.0. The van der Waals surface area contributed by atoms with Gasteiger partial charge in [-0.2, -0.15) is 0 Å². The zero-order chi connectivity index (χ0) is 15.1. The summed E-state index contributed by atoms with van der Waals surface area (Å²) in [5.41, 5.74) is 0.292. The molecule has 0 aliphatic carbocycles. The molecule has 110 valence electrons. The fraction of sp³-hybridized carbons (Fsp3) is 0.308. The van der Waals surface area contributed by atoms with Crippen molar-refractivity contribution in [3.8, 4) is 11.4 Å². The molecule has 0 fully saturated rings. The molecule has 3 rings (SSSR count). The summed E-state index contributed by atoms with van der Waals surface area (Å²) in [6.45, 7) is 1.27. The normalized spacial score (nSPS) is 13.2. The van der Waals surface area contributed by atoms with Crippen molar-refractivity contribution >= 4 is 17.9 Å². The molecule has 1 aromatic carbocycles. The van der Waals surface area contributed by atoms with Gasteiger partial charge in [0.2, 0.25) is 0 Å². The summed E-state index contributed by atoms with van der Waals surface area (Å²) < 4.78 is 9.29. The highest BCUT2D eigenvalue weighted by Gasteiger charge is 2.14. The molecule has 0 unspecified atom stereocenters. The van der Waals surface area contributed by atoms with Crippen LogP contribution in [0, 0.1) is 4.77 Å². The van der Waals surface area contributed by atoms with Crippen molar-refractivity contribution in [2.45, 2.75) is 0 Å². The van der Waals surface area contributed by atoms with Gasteiger partial charge < -0.3 is 10.1 Å². The van der Waals surface area contributed by atoms with E-state index in [0.29, 0.717) is 24.6 Å². The van der Waals surface area contributed by atoms with Gasteiger partial charge in [0.05, 0.1) is 11.4 Å². The van der Waals surface area contributed by atoms with Crippen LogP contribution in [-0.2, 0) is 14.1 Å². The fourth-order valence-corrected chi connectivity index (χ4v) is 2.42. The van der Waals surface area contributed by atoms with Crippen molar-refractivity contribution < 1.29 is 4.74 Å². The van der Waals surface area contributed by atoms with E-state index in [4.69, 9.17) is 17.0 Å². The lowest BCUT2D eigenvalue weighted by Gasteiger charge is -2.20. The minimum absolute atomic E-state index is 0.181. The second kappa shape index (κ2) is 4.88. The fourth-order valence-electron chi connectivity index (χ4n) is 2.26. The van der Waals surface area contributed by atoms with E-state index in [0.717, 1.165) is 10.3 Å². The van der Waals surface area contributed by atoms with Crippen LogP contribution in [-0.4, -0.2) is 26.9 Å². The molecule has 0 bridgehead atoms. The number of anilines is 1. The molecule has 0 spiro atoms. The molecular formula is C13H14N4O3S. The molecule has 1 N–H and O–H groups in total. The van der Waals surface area contributed by atoms with Crippen molar-refractivity contribution in [3.63, 3.8) is 0 Å². The number of ether oxygens (including phenoxy) is 1. The predicted octanol–water partition coefficient (Wildman–Crippen LogP) is 0.408. The molecule has 8 heteroatoms. The van der Waals surface area contributed by atoms with Crippen LogP contribution in [0.25, 0.3) is 5.69 Å². The molecule has 0 saturated carbocycles. The first kappa shape index (κ1) is 13.6. The lowest BCUT2D eigenvalue weighted by molar-refractivity contribution is 0.323.